The summed E-state index contributed by atoms with van der Waals surface area (Å²) >= 11 is 1.68. The maximum atomic E-state index is 5.04. The van der Waals surface area contributed by atoms with Crippen LogP contribution < -0.4 is 4.80 Å². The van der Waals surface area contributed by atoms with E-state index >= 15 is 0 Å². The first-order valence-corrected chi connectivity index (χ1v) is 10.2. The van der Waals surface area contributed by atoms with E-state index in [0.29, 0.717) is 6.04 Å². The minimum atomic E-state index is 0.431. The summed E-state index contributed by atoms with van der Waals surface area (Å²) in [6.07, 6.45) is 10.1. The van der Waals surface area contributed by atoms with Gasteiger partial charge in [0, 0.05) is 17.1 Å². The van der Waals surface area contributed by atoms with Crippen molar-refractivity contribution in [3.05, 3.63) is 64.0 Å². The van der Waals surface area contributed by atoms with Gasteiger partial charge >= 0.3 is 0 Å². The van der Waals surface area contributed by atoms with Crippen molar-refractivity contribution < 1.29 is 0 Å². The largest absolute Gasteiger partial charge is 0.360 e. The van der Waals surface area contributed by atoms with Gasteiger partial charge in [0.15, 0.2) is 0 Å². The van der Waals surface area contributed by atoms with Crippen LogP contribution in [0.3, 0.4) is 0 Å². The van der Waals surface area contributed by atoms with Crippen molar-refractivity contribution in [2.24, 2.45) is 10.1 Å². The van der Waals surface area contributed by atoms with Gasteiger partial charge in [-0.15, -0.1) is 11.3 Å². The van der Waals surface area contributed by atoms with Gasteiger partial charge in [-0.3, -0.25) is 4.99 Å². The topological polar surface area (TPSA) is 45.4 Å². The number of nitrogens with one attached hydrogen (secondary N) is 1. The number of hydrogen-bond donors (Lipinski definition) is 1. The number of benzene rings is 1. The average molecular weight is 365 g/mol. The zero-order valence-corrected chi connectivity index (χ0v) is 15.9. The van der Waals surface area contributed by atoms with Crippen LogP contribution in [0.4, 0.5) is 0 Å². The van der Waals surface area contributed by atoms with Crippen molar-refractivity contribution in [3.8, 4) is 11.3 Å². The molecule has 26 heavy (non-hydrogen) atoms. The molecule has 1 N–H and O–H groups in total. The summed E-state index contributed by atoms with van der Waals surface area (Å²) in [5.41, 5.74) is 4.51. The molecule has 2 heterocycles. The van der Waals surface area contributed by atoms with E-state index in [0.717, 1.165) is 16.2 Å². The molecule has 0 amide bonds. The molecule has 3 aromatic rings. The molecular formula is C21H24N4S. The zero-order valence-electron chi connectivity index (χ0n) is 15.1. The van der Waals surface area contributed by atoms with Crippen molar-refractivity contribution in [3.63, 3.8) is 0 Å². The Bertz CT molecular complexity index is 923. The number of nitrogens with zero attached hydrogens (tertiary/aromatic N) is 3. The molecule has 0 atom stereocenters. The highest BCUT2D eigenvalue weighted by Gasteiger charge is 2.14. The summed E-state index contributed by atoms with van der Waals surface area (Å²) in [6, 6.07) is 13.0. The van der Waals surface area contributed by atoms with Gasteiger partial charge in [0.2, 0.25) is 4.80 Å². The predicted molar refractivity (Wildman–Crippen MR) is 109 cm³/mol. The fourth-order valence-corrected chi connectivity index (χ4v) is 4.24. The van der Waals surface area contributed by atoms with Gasteiger partial charge in [-0.25, -0.2) is 4.68 Å². The van der Waals surface area contributed by atoms with Gasteiger partial charge in [0.1, 0.15) is 0 Å². The lowest BCUT2D eigenvalue weighted by molar-refractivity contribution is 0.435. The number of thiazole rings is 1. The molecule has 0 unspecified atom stereocenters. The molecule has 1 aliphatic rings. The molecule has 2 aromatic heterocycles. The maximum absolute atomic E-state index is 5.04. The number of H-pyrrole nitrogens is 1. The Morgan fingerprint density at radius 3 is 2.65 bits per heavy atom. The third-order valence-electron chi connectivity index (χ3n) is 4.83. The first-order valence-electron chi connectivity index (χ1n) is 9.29. The lowest BCUT2D eigenvalue weighted by Crippen LogP contribution is -2.19. The van der Waals surface area contributed by atoms with Gasteiger partial charge in [-0.2, -0.15) is 5.10 Å². The first kappa shape index (κ1) is 17.0. The highest BCUT2D eigenvalue weighted by Crippen LogP contribution is 2.23. The second-order valence-corrected chi connectivity index (χ2v) is 7.71. The van der Waals surface area contributed by atoms with Crippen LogP contribution >= 0.6 is 11.3 Å². The average Bonchev–Trinajstić information content (AvgIpc) is 3.32. The number of hydrogen-bond acceptors (Lipinski definition) is 3. The van der Waals surface area contributed by atoms with Crippen molar-refractivity contribution >= 4 is 17.6 Å². The van der Waals surface area contributed by atoms with E-state index in [2.05, 4.69) is 41.6 Å². The van der Waals surface area contributed by atoms with Crippen LogP contribution in [0.1, 0.15) is 43.4 Å². The summed E-state index contributed by atoms with van der Waals surface area (Å²) in [6.45, 7) is 2.11. The van der Waals surface area contributed by atoms with Crippen LogP contribution in [0.15, 0.2) is 58.1 Å². The van der Waals surface area contributed by atoms with Crippen LogP contribution in [-0.4, -0.2) is 21.9 Å². The summed E-state index contributed by atoms with van der Waals surface area (Å²) in [4.78, 5) is 9.20. The van der Waals surface area contributed by atoms with Crippen LogP contribution in [0, 0.1) is 6.92 Å². The molecule has 1 aromatic carbocycles. The van der Waals surface area contributed by atoms with E-state index in [-0.39, 0.29) is 0 Å². The van der Waals surface area contributed by atoms with Gasteiger partial charge in [-0.1, -0.05) is 49.1 Å². The molecule has 1 saturated carbocycles. The predicted octanol–water partition coefficient (Wildman–Crippen LogP) is 4.97. The summed E-state index contributed by atoms with van der Waals surface area (Å²) in [7, 11) is 0. The SMILES string of the molecule is Cc1ccc(-c2csc(=NC3CCCCC3)n2N=Cc2ccc[nH]2)cc1. The highest BCUT2D eigenvalue weighted by atomic mass is 32.1. The van der Waals surface area contributed by atoms with Gasteiger partial charge in [0.05, 0.1) is 23.6 Å². The van der Waals surface area contributed by atoms with Crippen molar-refractivity contribution in [2.75, 3.05) is 0 Å². The van der Waals surface area contributed by atoms with E-state index in [9.17, 15) is 0 Å². The molecule has 0 spiro atoms. The fourth-order valence-electron chi connectivity index (χ4n) is 3.33. The normalized spacial score (nSPS) is 16.6. The van der Waals surface area contributed by atoms with Crippen molar-refractivity contribution in [1.29, 1.82) is 0 Å². The summed E-state index contributed by atoms with van der Waals surface area (Å²) < 4.78 is 1.99. The molecule has 134 valence electrons. The molecule has 1 aliphatic carbocycles. The van der Waals surface area contributed by atoms with Crippen molar-refractivity contribution in [2.45, 2.75) is 45.1 Å². The lowest BCUT2D eigenvalue weighted by Gasteiger charge is -2.16. The fraction of sp³-hybridized carbons (Fsp3) is 0.333. The monoisotopic (exact) mass is 364 g/mol. The molecule has 0 bridgehead atoms. The minimum absolute atomic E-state index is 0.431. The Morgan fingerprint density at radius 1 is 1.12 bits per heavy atom. The van der Waals surface area contributed by atoms with Gasteiger partial charge in [0.25, 0.3) is 0 Å². The zero-order chi connectivity index (χ0) is 17.8. The smallest absolute Gasteiger partial charge is 0.206 e. The van der Waals surface area contributed by atoms with E-state index in [1.165, 1.54) is 43.2 Å². The number of aromatic nitrogens is 2. The Morgan fingerprint density at radius 2 is 1.92 bits per heavy atom. The molecule has 0 saturated heterocycles. The van der Waals surface area contributed by atoms with E-state index < -0.39 is 0 Å². The van der Waals surface area contributed by atoms with Crippen LogP contribution in [0.5, 0.6) is 0 Å². The standard InChI is InChI=1S/C21H24N4S/c1-16-9-11-17(12-10-16)20-15-26-21(24-18-6-3-2-4-7-18)25(20)23-14-19-8-5-13-22-19/h5,8-15,18,22H,2-4,6-7H2,1H3. The Balaban J connectivity index is 1.76. The van der Waals surface area contributed by atoms with Crippen LogP contribution in [-0.2, 0) is 0 Å². The molecule has 0 aliphatic heterocycles. The molecule has 4 nitrogen and oxygen atoms in total. The molecule has 0 radical (unpaired) electrons. The second kappa shape index (κ2) is 7.87. The third-order valence-corrected chi connectivity index (χ3v) is 5.66. The van der Waals surface area contributed by atoms with Gasteiger partial charge < -0.3 is 4.98 Å². The van der Waals surface area contributed by atoms with E-state index in [1.807, 2.05) is 29.2 Å². The number of aromatic amines is 1. The number of aryl methyl sites for hydroxylation is 1. The quantitative estimate of drug-likeness (QED) is 0.636. The van der Waals surface area contributed by atoms with E-state index in [1.54, 1.807) is 11.3 Å². The van der Waals surface area contributed by atoms with E-state index in [4.69, 9.17) is 10.1 Å². The minimum Gasteiger partial charge on any atom is -0.360 e. The lowest BCUT2D eigenvalue weighted by atomic mass is 9.96. The third kappa shape index (κ3) is 3.88. The second-order valence-electron chi connectivity index (χ2n) is 6.87. The Labute approximate surface area is 157 Å². The first-order chi connectivity index (χ1) is 12.8. The maximum Gasteiger partial charge on any atom is 0.206 e. The Kier molecular flexibility index (Phi) is 5.16. The Hall–Kier alpha value is -2.40. The van der Waals surface area contributed by atoms with Crippen LogP contribution in [0.2, 0.25) is 0 Å². The molecule has 4 rings (SSSR count). The van der Waals surface area contributed by atoms with Gasteiger partial charge in [-0.05, 0) is 31.9 Å². The van der Waals surface area contributed by atoms with Crippen molar-refractivity contribution in [1.82, 2.24) is 9.66 Å². The molecular weight excluding hydrogens is 340 g/mol. The summed E-state index contributed by atoms with van der Waals surface area (Å²) in [5, 5.41) is 6.92. The number of rotatable bonds is 4. The molecule has 5 heteroatoms. The van der Waals surface area contributed by atoms with Crippen LogP contribution in [0.25, 0.3) is 11.3 Å². The summed E-state index contributed by atoms with van der Waals surface area (Å²) in [5.74, 6) is 0. The molecule has 1 fully saturated rings. The highest BCUT2D eigenvalue weighted by molar-refractivity contribution is 7.07.